The monoisotopic (exact) mass is 219 g/mol. The Labute approximate surface area is 85.1 Å². The average molecular weight is 219 g/mol. The second-order valence-corrected chi connectivity index (χ2v) is 3.88. The molecule has 0 fully saturated rings. The predicted octanol–water partition coefficient (Wildman–Crippen LogP) is 2.49. The van der Waals surface area contributed by atoms with Gasteiger partial charge in [0.25, 0.3) is 0 Å². The van der Waals surface area contributed by atoms with E-state index in [1.807, 2.05) is 0 Å². The summed E-state index contributed by atoms with van der Waals surface area (Å²) in [5.41, 5.74) is 1.63. The summed E-state index contributed by atoms with van der Waals surface area (Å²) in [6.07, 6.45) is -3.39. The Kier molecular flexibility index (Phi) is 2.50. The van der Waals surface area contributed by atoms with Crippen LogP contribution in [-0.2, 0) is 12.8 Å². The summed E-state index contributed by atoms with van der Waals surface area (Å²) >= 11 is 0. The van der Waals surface area contributed by atoms with Gasteiger partial charge in [-0.1, -0.05) is 0 Å². The van der Waals surface area contributed by atoms with Gasteiger partial charge >= 0.3 is 6.18 Å². The molecule has 0 unspecified atom stereocenters. The molecule has 0 spiro atoms. The van der Waals surface area contributed by atoms with Crippen molar-refractivity contribution in [3.8, 4) is 0 Å². The van der Waals surface area contributed by atoms with E-state index in [1.165, 1.54) is 6.07 Å². The minimum atomic E-state index is -4.59. The number of nitrogens with one attached hydrogen (secondary N) is 1. The largest absolute Gasteiger partial charge is 0.420 e. The summed E-state index contributed by atoms with van der Waals surface area (Å²) in [5, 5.41) is 9.05. The first-order valence-corrected chi connectivity index (χ1v) is 4.94. The first-order chi connectivity index (χ1) is 6.98. The summed E-state index contributed by atoms with van der Waals surface area (Å²) in [7, 11) is 0. The fourth-order valence-electron chi connectivity index (χ4n) is 1.95. The molecule has 2 rings (SSSR count). The fraction of sp³-hybridized carbons (Fsp3) is 0.600. The van der Waals surface area contributed by atoms with Gasteiger partial charge in [-0.25, -0.2) is 0 Å². The van der Waals surface area contributed by atoms with E-state index in [2.05, 4.69) is 4.98 Å². The van der Waals surface area contributed by atoms with E-state index >= 15 is 0 Å². The third-order valence-corrected chi connectivity index (χ3v) is 2.74. The van der Waals surface area contributed by atoms with Crippen molar-refractivity contribution in [1.82, 2.24) is 4.98 Å². The van der Waals surface area contributed by atoms with E-state index in [1.54, 1.807) is 0 Å². The van der Waals surface area contributed by atoms with Gasteiger partial charge in [-0.2, -0.15) is 13.2 Å². The van der Waals surface area contributed by atoms with Crippen LogP contribution >= 0.6 is 0 Å². The number of aromatic nitrogens is 1. The van der Waals surface area contributed by atoms with Crippen molar-refractivity contribution in [3.05, 3.63) is 23.0 Å². The molecule has 0 bridgehead atoms. The summed E-state index contributed by atoms with van der Waals surface area (Å²) in [6.45, 7) is 0. The normalized spacial score (nSPS) is 18.7. The van der Waals surface area contributed by atoms with Crippen molar-refractivity contribution < 1.29 is 18.3 Å². The minimum Gasteiger partial charge on any atom is -0.378 e. The highest BCUT2D eigenvalue weighted by Crippen LogP contribution is 2.34. The molecule has 1 aromatic heterocycles. The maximum absolute atomic E-state index is 12.2. The molecule has 1 aliphatic carbocycles. The van der Waals surface area contributed by atoms with Crippen molar-refractivity contribution in [1.29, 1.82) is 0 Å². The Balaban J connectivity index is 2.26. The molecular formula is C10H12F3NO. The molecule has 1 heterocycles. The summed E-state index contributed by atoms with van der Waals surface area (Å²) in [4.78, 5) is 2.67. The Morgan fingerprint density at radius 1 is 1.27 bits per heavy atom. The van der Waals surface area contributed by atoms with Gasteiger partial charge < -0.3 is 10.1 Å². The van der Waals surface area contributed by atoms with Crippen LogP contribution < -0.4 is 0 Å². The zero-order valence-electron chi connectivity index (χ0n) is 8.06. The first kappa shape index (κ1) is 10.5. The molecule has 0 amide bonds. The number of aliphatic hydroxyl groups excluding tert-OH is 1. The van der Waals surface area contributed by atoms with Gasteiger partial charge in [0.15, 0.2) is 6.10 Å². The van der Waals surface area contributed by atoms with Gasteiger partial charge in [0.2, 0.25) is 0 Å². The van der Waals surface area contributed by atoms with Crippen LogP contribution in [0.25, 0.3) is 0 Å². The maximum Gasteiger partial charge on any atom is 0.420 e. The molecule has 0 saturated carbocycles. The molecule has 1 atom stereocenters. The smallest absolute Gasteiger partial charge is 0.378 e. The molecule has 0 aliphatic heterocycles. The van der Waals surface area contributed by atoms with Crippen molar-refractivity contribution >= 4 is 0 Å². The third kappa shape index (κ3) is 2.02. The minimum absolute atomic E-state index is 0.130. The predicted molar refractivity (Wildman–Crippen MR) is 48.4 cm³/mol. The molecular weight excluding hydrogens is 207 g/mol. The van der Waals surface area contributed by atoms with Gasteiger partial charge in [0.1, 0.15) is 0 Å². The molecule has 2 nitrogen and oxygen atoms in total. The summed E-state index contributed by atoms with van der Waals surface area (Å²) in [5.74, 6) is 0. The van der Waals surface area contributed by atoms with Crippen molar-refractivity contribution in [2.45, 2.75) is 38.0 Å². The molecule has 1 aliphatic rings. The number of aryl methyl sites for hydroxylation is 2. The number of halogens is 3. The van der Waals surface area contributed by atoms with Crippen molar-refractivity contribution in [3.63, 3.8) is 0 Å². The molecule has 0 radical (unpaired) electrons. The van der Waals surface area contributed by atoms with Gasteiger partial charge in [0, 0.05) is 5.69 Å². The Morgan fingerprint density at radius 3 is 2.53 bits per heavy atom. The van der Waals surface area contributed by atoms with Crippen LogP contribution in [-0.4, -0.2) is 16.3 Å². The lowest BCUT2D eigenvalue weighted by atomic mass is 9.98. The van der Waals surface area contributed by atoms with Crippen LogP contribution in [0.15, 0.2) is 6.07 Å². The number of fused-ring (bicyclic) bond motifs is 1. The highest BCUT2D eigenvalue weighted by Gasteiger charge is 2.40. The number of aromatic amines is 1. The fourth-order valence-corrected chi connectivity index (χ4v) is 1.95. The Bertz CT molecular complexity index is 333. The number of aliphatic hydroxyl groups is 1. The molecule has 2 N–H and O–H groups in total. The van der Waals surface area contributed by atoms with Crippen LogP contribution in [0, 0.1) is 0 Å². The van der Waals surface area contributed by atoms with E-state index in [4.69, 9.17) is 5.11 Å². The molecule has 84 valence electrons. The van der Waals surface area contributed by atoms with Gasteiger partial charge in [-0.3, -0.25) is 0 Å². The first-order valence-electron chi connectivity index (χ1n) is 4.94. The van der Waals surface area contributed by atoms with Crippen LogP contribution in [0.5, 0.6) is 0 Å². The van der Waals surface area contributed by atoms with Gasteiger partial charge in [0.05, 0.1) is 5.69 Å². The van der Waals surface area contributed by atoms with E-state index < -0.39 is 12.3 Å². The quantitative estimate of drug-likeness (QED) is 0.747. The second kappa shape index (κ2) is 3.56. The summed E-state index contributed by atoms with van der Waals surface area (Å²) in [6, 6.07) is 1.44. The van der Waals surface area contributed by atoms with Crippen molar-refractivity contribution in [2.75, 3.05) is 0 Å². The van der Waals surface area contributed by atoms with Gasteiger partial charge in [-0.05, 0) is 37.3 Å². The van der Waals surface area contributed by atoms with Crippen LogP contribution in [0.2, 0.25) is 0 Å². The second-order valence-electron chi connectivity index (χ2n) is 3.88. The molecule has 15 heavy (non-hydrogen) atoms. The van der Waals surface area contributed by atoms with E-state index in [-0.39, 0.29) is 5.69 Å². The summed E-state index contributed by atoms with van der Waals surface area (Å²) < 4.78 is 36.7. The standard InChI is InChI=1S/C10H12F3NO/c11-10(12,13)9(15)8-5-6-3-1-2-4-7(6)14-8/h5,9,14-15H,1-4H2/t9-/m0/s1. The number of alkyl halides is 3. The number of hydrogen-bond donors (Lipinski definition) is 2. The maximum atomic E-state index is 12.2. The van der Waals surface area contributed by atoms with Crippen LogP contribution in [0.1, 0.15) is 35.9 Å². The molecule has 0 aromatic carbocycles. The lowest BCUT2D eigenvalue weighted by molar-refractivity contribution is -0.207. The number of hydrogen-bond acceptors (Lipinski definition) is 1. The lowest BCUT2D eigenvalue weighted by Gasteiger charge is -2.12. The number of rotatable bonds is 1. The average Bonchev–Trinajstić information content (AvgIpc) is 2.58. The topological polar surface area (TPSA) is 36.0 Å². The van der Waals surface area contributed by atoms with E-state index in [9.17, 15) is 13.2 Å². The Morgan fingerprint density at radius 2 is 1.93 bits per heavy atom. The lowest BCUT2D eigenvalue weighted by Crippen LogP contribution is -2.20. The highest BCUT2D eigenvalue weighted by molar-refractivity contribution is 5.29. The molecule has 0 saturated heterocycles. The van der Waals surface area contributed by atoms with E-state index in [0.717, 1.165) is 36.9 Å². The SMILES string of the molecule is O[C@@H](c1cc2c([nH]1)CCCC2)C(F)(F)F. The van der Waals surface area contributed by atoms with Crippen molar-refractivity contribution in [2.24, 2.45) is 0 Å². The highest BCUT2D eigenvalue weighted by atomic mass is 19.4. The third-order valence-electron chi connectivity index (χ3n) is 2.74. The van der Waals surface area contributed by atoms with E-state index in [0.29, 0.717) is 0 Å². The number of H-pyrrole nitrogens is 1. The molecule has 1 aromatic rings. The van der Waals surface area contributed by atoms with Crippen LogP contribution in [0.3, 0.4) is 0 Å². The van der Waals surface area contributed by atoms with Crippen LogP contribution in [0.4, 0.5) is 13.2 Å². The zero-order chi connectivity index (χ0) is 11.1. The molecule has 5 heteroatoms. The zero-order valence-corrected chi connectivity index (χ0v) is 8.06. The Hall–Kier alpha value is -0.970. The van der Waals surface area contributed by atoms with Gasteiger partial charge in [-0.15, -0.1) is 0 Å².